The molecule has 0 unspecified atom stereocenters. The first-order chi connectivity index (χ1) is 30.7. The standard InChI is InChI=1S/C46H28N6/c47-29-32-27-37(46-49-44(30-15-3-1-4-16-30)48-45(50-46)31-17-5-2-6-18-31)43(52-40-25-13-9-21-35(40)36-22-10-14-26-41(36)52)28-42(32)51-38-23-11-7-19-33(38)34-20-8-12-24-39(34)51/h1-28H/i1D,2D,3D,4D,5D,6D,15D,16D,17D,18D,23D,25D. The molecule has 0 N–H and O–H groups in total. The molecule has 10 rings (SSSR count). The molecule has 0 bridgehead atoms. The van der Waals surface area contributed by atoms with Crippen molar-refractivity contribution in [3.05, 3.63) is 175 Å². The maximum Gasteiger partial charge on any atom is 0.166 e. The first kappa shape index (κ1) is 19.7. The van der Waals surface area contributed by atoms with Gasteiger partial charge < -0.3 is 9.13 Å². The van der Waals surface area contributed by atoms with Gasteiger partial charge in [0.15, 0.2) is 17.5 Å². The van der Waals surface area contributed by atoms with Crippen LogP contribution in [0.25, 0.3) is 89.2 Å². The second-order valence-corrected chi connectivity index (χ2v) is 11.9. The third-order valence-electron chi connectivity index (χ3n) is 9.03. The molecule has 52 heavy (non-hydrogen) atoms. The third-order valence-corrected chi connectivity index (χ3v) is 9.03. The lowest BCUT2D eigenvalue weighted by Gasteiger charge is -2.18. The van der Waals surface area contributed by atoms with Crippen LogP contribution in [0.3, 0.4) is 0 Å². The lowest BCUT2D eigenvalue weighted by atomic mass is 10.0. The largest absolute Gasteiger partial charge is 0.308 e. The highest BCUT2D eigenvalue weighted by Gasteiger charge is 2.23. The topological polar surface area (TPSA) is 72.3 Å². The molecule has 0 spiro atoms. The maximum absolute atomic E-state index is 11.1. The second kappa shape index (κ2) is 11.9. The second-order valence-electron chi connectivity index (χ2n) is 11.9. The van der Waals surface area contributed by atoms with Gasteiger partial charge >= 0.3 is 0 Å². The quantitative estimate of drug-likeness (QED) is 0.182. The highest BCUT2D eigenvalue weighted by molar-refractivity contribution is 6.11. The van der Waals surface area contributed by atoms with Crippen molar-refractivity contribution in [3.8, 4) is 51.6 Å². The third kappa shape index (κ3) is 4.61. The van der Waals surface area contributed by atoms with E-state index >= 15 is 0 Å². The van der Waals surface area contributed by atoms with E-state index in [9.17, 15) is 6.63 Å². The number of aromatic nitrogens is 5. The molecular weight excluding hydrogens is 637 g/mol. The van der Waals surface area contributed by atoms with E-state index in [2.05, 4.69) is 11.1 Å². The first-order valence-electron chi connectivity index (χ1n) is 22.2. The van der Waals surface area contributed by atoms with Crippen LogP contribution < -0.4 is 0 Å². The van der Waals surface area contributed by atoms with E-state index in [1.54, 1.807) is 30.3 Å². The number of nitrogens with zero attached hydrogens (tertiary/aromatic N) is 6. The Balaban J connectivity index is 1.41. The number of fused-ring (bicyclic) bond motifs is 6. The molecule has 0 atom stereocenters. The molecule has 0 aliphatic heterocycles. The van der Waals surface area contributed by atoms with E-state index in [0.717, 1.165) is 21.5 Å². The van der Waals surface area contributed by atoms with Crippen molar-refractivity contribution in [2.24, 2.45) is 0 Å². The highest BCUT2D eigenvalue weighted by Crippen LogP contribution is 2.40. The molecule has 6 nitrogen and oxygen atoms in total. The molecular formula is C46H28N6. The Kier molecular flexibility index (Phi) is 4.52. The highest BCUT2D eigenvalue weighted by atomic mass is 15.1. The smallest absolute Gasteiger partial charge is 0.166 e. The van der Waals surface area contributed by atoms with Crippen LogP contribution in [0.5, 0.6) is 0 Å². The van der Waals surface area contributed by atoms with Crippen molar-refractivity contribution in [1.29, 1.82) is 5.26 Å². The number of hydrogen-bond acceptors (Lipinski definition) is 4. The van der Waals surface area contributed by atoms with Crippen LogP contribution in [0, 0.1) is 11.3 Å². The number of nitriles is 1. The predicted octanol–water partition coefficient (Wildman–Crippen LogP) is 10.9. The van der Waals surface area contributed by atoms with Crippen LogP contribution in [-0.4, -0.2) is 24.1 Å². The predicted molar refractivity (Wildman–Crippen MR) is 210 cm³/mol. The molecule has 0 radical (unpaired) electrons. The Morgan fingerprint density at radius 3 is 1.42 bits per heavy atom. The molecule has 242 valence electrons. The zero-order chi connectivity index (χ0) is 45.0. The molecule has 6 heteroatoms. The summed E-state index contributed by atoms with van der Waals surface area (Å²) in [4.78, 5) is 13.9. The Morgan fingerprint density at radius 1 is 0.462 bits per heavy atom. The molecule has 0 aliphatic carbocycles. The van der Waals surface area contributed by atoms with E-state index in [4.69, 9.17) is 25.0 Å². The summed E-state index contributed by atoms with van der Waals surface area (Å²) in [5.41, 5.74) is 2.29. The van der Waals surface area contributed by atoms with Gasteiger partial charge in [0, 0.05) is 38.2 Å². The molecule has 3 heterocycles. The van der Waals surface area contributed by atoms with E-state index < -0.39 is 83.2 Å². The summed E-state index contributed by atoms with van der Waals surface area (Å²) in [6.45, 7) is 0. The summed E-state index contributed by atoms with van der Waals surface area (Å²) in [5.74, 6) is -1.20. The summed E-state index contributed by atoms with van der Waals surface area (Å²) < 4.78 is 108. The van der Waals surface area contributed by atoms with Crippen LogP contribution in [0.2, 0.25) is 0 Å². The molecule has 10 aromatic rings. The number of benzene rings is 7. The monoisotopic (exact) mass is 676 g/mol. The molecule has 0 aliphatic rings. The van der Waals surface area contributed by atoms with Gasteiger partial charge in [0.1, 0.15) is 6.07 Å². The molecule has 0 amide bonds. The normalized spacial score (nSPS) is 14.7. The molecule has 7 aromatic carbocycles. The zero-order valence-corrected chi connectivity index (χ0v) is 26.9. The van der Waals surface area contributed by atoms with Gasteiger partial charge in [-0.05, 0) is 36.4 Å². The van der Waals surface area contributed by atoms with Crippen LogP contribution in [0.15, 0.2) is 170 Å². The van der Waals surface area contributed by atoms with Crippen LogP contribution in [0.1, 0.15) is 22.0 Å². The minimum absolute atomic E-state index is 0.0747. The fourth-order valence-corrected chi connectivity index (χ4v) is 6.85. The van der Waals surface area contributed by atoms with E-state index in [-0.39, 0.29) is 29.0 Å². The van der Waals surface area contributed by atoms with Gasteiger partial charge in [-0.3, -0.25) is 0 Å². The average Bonchev–Trinajstić information content (AvgIpc) is 3.83. The van der Waals surface area contributed by atoms with Gasteiger partial charge in [0.05, 0.1) is 55.5 Å². The van der Waals surface area contributed by atoms with Crippen molar-refractivity contribution < 1.29 is 16.4 Å². The number of rotatable bonds is 5. The van der Waals surface area contributed by atoms with Crippen molar-refractivity contribution in [2.75, 3.05) is 0 Å². The Morgan fingerprint density at radius 2 is 0.904 bits per heavy atom. The summed E-state index contributed by atoms with van der Waals surface area (Å²) in [6.07, 6.45) is 0. The van der Waals surface area contributed by atoms with Crippen molar-refractivity contribution in [2.45, 2.75) is 0 Å². The van der Waals surface area contributed by atoms with E-state index in [1.165, 1.54) is 6.07 Å². The Labute approximate surface area is 316 Å². The SMILES string of the molecule is [2H]c1c([2H])c([2H])c(-c2nc(-c3cc(C#N)c(-n4c5ccccc5c5cccc([2H])c54)cc3-n3c4ccccc4c4cccc([2H])c43)nc(-c3c([2H])c([2H])c([2H])c([2H])c3[2H])n2)c([2H])c1[2H]. The average molecular weight is 677 g/mol. The first-order valence-corrected chi connectivity index (χ1v) is 16.2. The Bertz CT molecular complexity index is 3600. The van der Waals surface area contributed by atoms with Gasteiger partial charge in [-0.25, -0.2) is 15.0 Å². The van der Waals surface area contributed by atoms with Crippen molar-refractivity contribution in [3.63, 3.8) is 0 Å². The number of para-hydroxylation sites is 4. The summed E-state index contributed by atoms with van der Waals surface area (Å²) in [7, 11) is 0. The van der Waals surface area contributed by atoms with Gasteiger partial charge in [-0.2, -0.15) is 5.26 Å². The van der Waals surface area contributed by atoms with Gasteiger partial charge in [-0.15, -0.1) is 0 Å². The van der Waals surface area contributed by atoms with E-state index in [0.29, 0.717) is 33.4 Å². The molecule has 0 saturated heterocycles. The van der Waals surface area contributed by atoms with Crippen molar-refractivity contribution >= 4 is 43.6 Å². The van der Waals surface area contributed by atoms with Crippen LogP contribution in [-0.2, 0) is 0 Å². The zero-order valence-electron chi connectivity index (χ0n) is 38.9. The number of hydrogen-bond donors (Lipinski definition) is 0. The maximum atomic E-state index is 11.1. The molecule has 0 fully saturated rings. The summed E-state index contributed by atoms with van der Waals surface area (Å²) >= 11 is 0. The summed E-state index contributed by atoms with van der Waals surface area (Å²) in [5, 5.41) is 14.2. The minimum Gasteiger partial charge on any atom is -0.308 e. The lowest BCUT2D eigenvalue weighted by molar-refractivity contribution is 1.06. The summed E-state index contributed by atoms with van der Waals surface area (Å²) in [6, 6.07) is 24.8. The van der Waals surface area contributed by atoms with Crippen LogP contribution in [0.4, 0.5) is 0 Å². The molecule has 0 saturated carbocycles. The Hall–Kier alpha value is -7.36. The molecule has 3 aromatic heterocycles. The lowest BCUT2D eigenvalue weighted by Crippen LogP contribution is -2.07. The van der Waals surface area contributed by atoms with Gasteiger partial charge in [0.2, 0.25) is 0 Å². The van der Waals surface area contributed by atoms with Gasteiger partial charge in [0.25, 0.3) is 0 Å². The van der Waals surface area contributed by atoms with E-state index in [1.807, 2.05) is 69.8 Å². The minimum atomic E-state index is -0.688. The van der Waals surface area contributed by atoms with Gasteiger partial charge in [-0.1, -0.05) is 133 Å². The fraction of sp³-hybridized carbons (Fsp3) is 0. The van der Waals surface area contributed by atoms with Crippen LogP contribution >= 0.6 is 0 Å². The van der Waals surface area contributed by atoms with Crippen molar-refractivity contribution in [1.82, 2.24) is 24.1 Å². The fourth-order valence-electron chi connectivity index (χ4n) is 6.85.